The monoisotopic (exact) mass is 260 g/mol. The Labute approximate surface area is 101 Å². The van der Waals surface area contributed by atoms with Crippen molar-refractivity contribution in [2.24, 2.45) is 0 Å². The topological polar surface area (TPSA) is 13.1 Å². The number of hydrogen-bond donors (Lipinski definition) is 0. The molecule has 0 aliphatic carbocycles. The fourth-order valence-electron chi connectivity index (χ4n) is 1.56. The Hall–Kier alpha value is -1.42. The highest BCUT2D eigenvalue weighted by Crippen LogP contribution is 2.33. The van der Waals surface area contributed by atoms with Gasteiger partial charge in [0.25, 0.3) is 0 Å². The lowest BCUT2D eigenvalue weighted by molar-refractivity contribution is 0.522. The smallest absolute Gasteiger partial charge is 0.134 e. The molecule has 17 heavy (non-hydrogen) atoms. The minimum absolute atomic E-state index is 0.381. The molecule has 1 atom stereocenters. The first-order valence-corrected chi connectivity index (χ1v) is 5.26. The molecule has 0 N–H and O–H groups in total. The first-order valence-electron chi connectivity index (χ1n) is 4.82. The predicted molar refractivity (Wildman–Crippen MR) is 57.5 cm³/mol. The van der Waals surface area contributed by atoms with E-state index in [1.165, 1.54) is 6.26 Å². The summed E-state index contributed by atoms with van der Waals surface area (Å²) in [7, 11) is 0. The molecule has 1 nitrogen and oxygen atoms in total. The average Bonchev–Trinajstić information content (AvgIpc) is 2.63. The molecule has 1 aromatic carbocycles. The molecule has 0 bridgehead atoms. The van der Waals surface area contributed by atoms with Gasteiger partial charge in [0.1, 0.15) is 23.2 Å². The van der Waals surface area contributed by atoms with E-state index in [4.69, 9.17) is 16.0 Å². The Morgan fingerprint density at radius 2 is 1.71 bits per heavy atom. The molecule has 1 heterocycles. The summed E-state index contributed by atoms with van der Waals surface area (Å²) in [6, 6.07) is 2.77. The van der Waals surface area contributed by atoms with Crippen LogP contribution in [0.25, 0.3) is 0 Å². The van der Waals surface area contributed by atoms with Gasteiger partial charge in [0.15, 0.2) is 0 Å². The third-order valence-electron chi connectivity index (χ3n) is 2.34. The van der Waals surface area contributed by atoms with Gasteiger partial charge in [0, 0.05) is 23.3 Å². The van der Waals surface area contributed by atoms with Crippen LogP contribution in [0.4, 0.5) is 13.2 Å². The highest BCUT2D eigenvalue weighted by Gasteiger charge is 2.22. The molecule has 5 heteroatoms. The zero-order valence-corrected chi connectivity index (χ0v) is 9.56. The zero-order valence-electron chi connectivity index (χ0n) is 8.81. The maximum Gasteiger partial charge on any atom is 0.134 e. The maximum absolute atomic E-state index is 13.5. The Kier molecular flexibility index (Phi) is 3.15. The van der Waals surface area contributed by atoms with Crippen molar-refractivity contribution in [3.8, 4) is 0 Å². The highest BCUT2D eigenvalue weighted by molar-refractivity contribution is 6.22. The van der Waals surface area contributed by atoms with Gasteiger partial charge in [-0.25, -0.2) is 13.2 Å². The molecule has 0 saturated carbocycles. The fourth-order valence-corrected chi connectivity index (χ4v) is 1.88. The summed E-state index contributed by atoms with van der Waals surface area (Å²) in [5.41, 5.74) is 0.0439. The average molecular weight is 261 g/mol. The van der Waals surface area contributed by atoms with Gasteiger partial charge < -0.3 is 4.42 Å². The van der Waals surface area contributed by atoms with Gasteiger partial charge in [0.2, 0.25) is 0 Å². The van der Waals surface area contributed by atoms with Gasteiger partial charge in [-0.15, -0.1) is 11.6 Å². The molecule has 0 aliphatic rings. The second-order valence-electron chi connectivity index (χ2n) is 3.64. The van der Waals surface area contributed by atoms with Crippen LogP contribution in [-0.2, 0) is 0 Å². The minimum Gasteiger partial charge on any atom is -0.469 e. The van der Waals surface area contributed by atoms with E-state index in [1.54, 1.807) is 13.0 Å². The van der Waals surface area contributed by atoms with E-state index < -0.39 is 22.8 Å². The van der Waals surface area contributed by atoms with Gasteiger partial charge in [0.05, 0.1) is 11.6 Å². The van der Waals surface area contributed by atoms with E-state index in [1.807, 2.05) is 0 Å². The summed E-state index contributed by atoms with van der Waals surface area (Å²) >= 11 is 5.95. The number of alkyl halides is 1. The number of halogens is 4. The quantitative estimate of drug-likeness (QED) is 0.733. The van der Waals surface area contributed by atoms with Crippen LogP contribution in [0.1, 0.15) is 22.3 Å². The first kappa shape index (κ1) is 12.0. The molecule has 90 valence electrons. The fraction of sp³-hybridized carbons (Fsp3) is 0.167. The van der Waals surface area contributed by atoms with Crippen LogP contribution in [-0.4, -0.2) is 0 Å². The molecule has 2 rings (SSSR count). The van der Waals surface area contributed by atoms with Crippen LogP contribution in [0, 0.1) is 24.4 Å². The molecule has 0 saturated heterocycles. The van der Waals surface area contributed by atoms with E-state index in [2.05, 4.69) is 0 Å². The van der Waals surface area contributed by atoms with Crippen molar-refractivity contribution in [1.82, 2.24) is 0 Å². The molecule has 0 spiro atoms. The Balaban J connectivity index is 2.47. The summed E-state index contributed by atoms with van der Waals surface area (Å²) < 4.78 is 44.7. The molecule has 1 aromatic heterocycles. The summed E-state index contributed by atoms with van der Waals surface area (Å²) in [5, 5.41) is -1.05. The SMILES string of the molecule is Cc1cc(C(Cl)c2c(F)cc(F)cc2F)co1. The van der Waals surface area contributed by atoms with Gasteiger partial charge in [-0.3, -0.25) is 0 Å². The van der Waals surface area contributed by atoms with Crippen molar-refractivity contribution >= 4 is 11.6 Å². The molecule has 0 aliphatic heterocycles. The minimum atomic E-state index is -1.05. The Morgan fingerprint density at radius 1 is 1.12 bits per heavy atom. The Morgan fingerprint density at radius 3 is 2.18 bits per heavy atom. The van der Waals surface area contributed by atoms with Crippen LogP contribution in [0.15, 0.2) is 28.9 Å². The third-order valence-corrected chi connectivity index (χ3v) is 2.81. The second kappa shape index (κ2) is 4.45. The second-order valence-corrected chi connectivity index (χ2v) is 4.07. The number of hydrogen-bond acceptors (Lipinski definition) is 1. The van der Waals surface area contributed by atoms with Crippen molar-refractivity contribution in [2.45, 2.75) is 12.3 Å². The van der Waals surface area contributed by atoms with Crippen LogP contribution in [0.3, 0.4) is 0 Å². The van der Waals surface area contributed by atoms with Crippen molar-refractivity contribution in [1.29, 1.82) is 0 Å². The number of benzene rings is 1. The lowest BCUT2D eigenvalue weighted by atomic mass is 10.1. The van der Waals surface area contributed by atoms with Gasteiger partial charge in [-0.1, -0.05) is 0 Å². The van der Waals surface area contributed by atoms with Crippen molar-refractivity contribution in [3.05, 3.63) is 58.8 Å². The lowest BCUT2D eigenvalue weighted by Crippen LogP contribution is -2.01. The van der Waals surface area contributed by atoms with Crippen LogP contribution in [0.5, 0.6) is 0 Å². The Bertz CT molecular complexity index is 527. The van der Waals surface area contributed by atoms with Crippen LogP contribution in [0.2, 0.25) is 0 Å². The summed E-state index contributed by atoms with van der Waals surface area (Å²) in [5.74, 6) is -2.42. The molecule has 2 aromatic rings. The summed E-state index contributed by atoms with van der Waals surface area (Å²) in [6.45, 7) is 1.69. The molecular formula is C12H8ClF3O. The van der Waals surface area contributed by atoms with Crippen molar-refractivity contribution < 1.29 is 17.6 Å². The van der Waals surface area contributed by atoms with Crippen LogP contribution < -0.4 is 0 Å². The number of aryl methyl sites for hydroxylation is 1. The van der Waals surface area contributed by atoms with E-state index in [-0.39, 0.29) is 5.56 Å². The molecule has 0 amide bonds. The lowest BCUT2D eigenvalue weighted by Gasteiger charge is -2.10. The van der Waals surface area contributed by atoms with Gasteiger partial charge in [-0.2, -0.15) is 0 Å². The highest BCUT2D eigenvalue weighted by atomic mass is 35.5. The maximum atomic E-state index is 13.5. The van der Waals surface area contributed by atoms with Crippen molar-refractivity contribution in [2.75, 3.05) is 0 Å². The summed E-state index contributed by atoms with van der Waals surface area (Å²) in [4.78, 5) is 0. The van der Waals surface area contributed by atoms with Gasteiger partial charge >= 0.3 is 0 Å². The third kappa shape index (κ3) is 2.31. The standard InChI is InChI=1S/C12H8ClF3O/c1-6-2-7(5-17-6)12(13)11-9(15)3-8(14)4-10(11)16/h2-5,12H,1H3. The zero-order chi connectivity index (χ0) is 12.6. The largest absolute Gasteiger partial charge is 0.469 e. The first-order chi connectivity index (χ1) is 7.99. The number of rotatable bonds is 2. The molecular weight excluding hydrogens is 253 g/mol. The molecule has 0 radical (unpaired) electrons. The van der Waals surface area contributed by atoms with E-state index >= 15 is 0 Å². The number of furan rings is 1. The van der Waals surface area contributed by atoms with E-state index in [0.29, 0.717) is 23.5 Å². The van der Waals surface area contributed by atoms with E-state index in [9.17, 15) is 13.2 Å². The molecule has 1 unspecified atom stereocenters. The van der Waals surface area contributed by atoms with Crippen molar-refractivity contribution in [3.63, 3.8) is 0 Å². The van der Waals surface area contributed by atoms with E-state index in [0.717, 1.165) is 0 Å². The summed E-state index contributed by atoms with van der Waals surface area (Å²) in [6.07, 6.45) is 1.31. The normalized spacial score (nSPS) is 12.8. The van der Waals surface area contributed by atoms with Gasteiger partial charge in [-0.05, 0) is 13.0 Å². The predicted octanol–water partition coefficient (Wildman–Crippen LogP) is 4.33. The van der Waals surface area contributed by atoms with Crippen LogP contribution >= 0.6 is 11.6 Å². The molecule has 0 fully saturated rings.